The van der Waals surface area contributed by atoms with E-state index in [4.69, 9.17) is 10.1 Å². The van der Waals surface area contributed by atoms with Crippen molar-refractivity contribution in [2.75, 3.05) is 24.6 Å². The summed E-state index contributed by atoms with van der Waals surface area (Å²) >= 11 is 0. The molecule has 1 amide bonds. The van der Waals surface area contributed by atoms with Gasteiger partial charge < -0.3 is 20.0 Å². The number of aromatic nitrogens is 3. The van der Waals surface area contributed by atoms with Gasteiger partial charge in [0.15, 0.2) is 5.65 Å². The molecular formula is C35H40FN5O3. The van der Waals surface area contributed by atoms with Gasteiger partial charge in [0.2, 0.25) is 0 Å². The highest BCUT2D eigenvalue weighted by Gasteiger charge is 2.42. The van der Waals surface area contributed by atoms with Gasteiger partial charge in [0.1, 0.15) is 11.5 Å². The van der Waals surface area contributed by atoms with Gasteiger partial charge in [-0.2, -0.15) is 5.10 Å². The van der Waals surface area contributed by atoms with Gasteiger partial charge >= 0.3 is 0 Å². The standard InChI is InChI=1S/C35H40FN5O3/c1-20(2)34-30(13-15-42)40(19-32(34)43)24-10-11-26(27(36)16-24)28-18-33-37-29(17-31(23-8-9-23)41(33)38-28)35(44)39-14-12-22-6-4-5-7-25(22)21(39)3/h4-7,10-11,16-18,20-21,23,30,32,34,42-43H,8-9,12-15,19H2,1-3H3/t21-,30-,32+,34-/m1/s1. The van der Waals surface area contributed by atoms with Crippen LogP contribution >= 0.6 is 0 Å². The van der Waals surface area contributed by atoms with Gasteiger partial charge in [-0.05, 0) is 73.9 Å². The monoisotopic (exact) mass is 597 g/mol. The first-order valence-corrected chi connectivity index (χ1v) is 15.9. The largest absolute Gasteiger partial charge is 0.396 e. The Hall–Kier alpha value is -3.82. The zero-order valence-electron chi connectivity index (χ0n) is 25.5. The number of halogens is 1. The third kappa shape index (κ3) is 4.96. The van der Waals surface area contributed by atoms with Crippen LogP contribution in [0, 0.1) is 17.7 Å². The van der Waals surface area contributed by atoms with E-state index in [9.17, 15) is 15.0 Å². The number of carbonyl (C=O) groups is 1. The maximum Gasteiger partial charge on any atom is 0.273 e. The summed E-state index contributed by atoms with van der Waals surface area (Å²) in [6.07, 6.45) is 2.82. The molecule has 7 rings (SSSR count). The second kappa shape index (κ2) is 11.3. The molecule has 1 saturated heterocycles. The molecule has 3 aliphatic rings. The van der Waals surface area contributed by atoms with E-state index in [0.717, 1.165) is 25.0 Å². The molecular weight excluding hydrogens is 557 g/mol. The zero-order chi connectivity index (χ0) is 30.7. The molecule has 8 nitrogen and oxygen atoms in total. The molecule has 230 valence electrons. The third-order valence-corrected chi connectivity index (χ3v) is 9.95. The van der Waals surface area contributed by atoms with Gasteiger partial charge in [0.05, 0.1) is 17.8 Å². The highest BCUT2D eigenvalue weighted by molar-refractivity contribution is 5.93. The van der Waals surface area contributed by atoms with Crippen molar-refractivity contribution < 1.29 is 19.4 Å². The van der Waals surface area contributed by atoms with Crippen molar-refractivity contribution >= 4 is 17.2 Å². The fourth-order valence-corrected chi connectivity index (χ4v) is 7.58. The zero-order valence-corrected chi connectivity index (χ0v) is 25.5. The van der Waals surface area contributed by atoms with Crippen LogP contribution in [-0.2, 0) is 6.42 Å². The number of nitrogens with zero attached hydrogens (tertiary/aromatic N) is 5. The van der Waals surface area contributed by atoms with Crippen molar-refractivity contribution in [1.29, 1.82) is 0 Å². The molecule has 2 aliphatic heterocycles. The van der Waals surface area contributed by atoms with Crippen LogP contribution in [0.15, 0.2) is 54.6 Å². The summed E-state index contributed by atoms with van der Waals surface area (Å²) in [6.45, 7) is 7.25. The van der Waals surface area contributed by atoms with Crippen LogP contribution in [0.5, 0.6) is 0 Å². The van der Waals surface area contributed by atoms with Crippen LogP contribution in [0.2, 0.25) is 0 Å². The van der Waals surface area contributed by atoms with Crippen molar-refractivity contribution in [3.05, 3.63) is 82.9 Å². The summed E-state index contributed by atoms with van der Waals surface area (Å²) < 4.78 is 17.6. The lowest BCUT2D eigenvalue weighted by Gasteiger charge is -2.35. The number of fused-ring (bicyclic) bond motifs is 2. The first kappa shape index (κ1) is 28.9. The first-order chi connectivity index (χ1) is 21.2. The van der Waals surface area contributed by atoms with Crippen molar-refractivity contribution in [3.8, 4) is 11.3 Å². The first-order valence-electron chi connectivity index (χ1n) is 15.9. The lowest BCUT2D eigenvalue weighted by molar-refractivity contribution is 0.0671. The Morgan fingerprint density at radius 1 is 1.11 bits per heavy atom. The van der Waals surface area contributed by atoms with Crippen molar-refractivity contribution in [2.45, 2.75) is 70.6 Å². The highest BCUT2D eigenvalue weighted by atomic mass is 19.1. The average Bonchev–Trinajstić information content (AvgIpc) is 3.68. The number of anilines is 1. The van der Waals surface area contributed by atoms with Crippen LogP contribution in [-0.4, -0.2) is 67.5 Å². The predicted octanol–water partition coefficient (Wildman–Crippen LogP) is 5.38. The normalized spacial score (nSPS) is 23.5. The van der Waals surface area contributed by atoms with E-state index < -0.39 is 11.9 Å². The Morgan fingerprint density at radius 3 is 2.64 bits per heavy atom. The fraction of sp³-hybridized carbons (Fsp3) is 0.457. The molecule has 4 heterocycles. The van der Waals surface area contributed by atoms with E-state index in [-0.39, 0.29) is 36.4 Å². The van der Waals surface area contributed by atoms with Crippen LogP contribution in [0.1, 0.15) is 79.3 Å². The second-order valence-corrected chi connectivity index (χ2v) is 13.0. The molecule has 1 aliphatic carbocycles. The Balaban J connectivity index is 1.21. The average molecular weight is 598 g/mol. The summed E-state index contributed by atoms with van der Waals surface area (Å²) in [5.41, 5.74) is 5.82. The smallest absolute Gasteiger partial charge is 0.273 e. The quantitative estimate of drug-likeness (QED) is 0.297. The van der Waals surface area contributed by atoms with E-state index in [1.165, 1.54) is 17.2 Å². The van der Waals surface area contributed by atoms with E-state index in [2.05, 4.69) is 32.9 Å². The van der Waals surface area contributed by atoms with Crippen LogP contribution in [0.3, 0.4) is 0 Å². The molecule has 44 heavy (non-hydrogen) atoms. The lowest BCUT2D eigenvalue weighted by Crippen LogP contribution is -2.39. The minimum Gasteiger partial charge on any atom is -0.396 e. The van der Waals surface area contributed by atoms with E-state index in [0.29, 0.717) is 53.7 Å². The molecule has 2 N–H and O–H groups in total. The number of amides is 1. The van der Waals surface area contributed by atoms with Gasteiger partial charge in [0.25, 0.3) is 5.91 Å². The molecule has 2 aromatic carbocycles. The Morgan fingerprint density at radius 2 is 1.91 bits per heavy atom. The molecule has 4 aromatic rings. The highest BCUT2D eigenvalue weighted by Crippen LogP contribution is 2.42. The van der Waals surface area contributed by atoms with Crippen molar-refractivity contribution in [3.63, 3.8) is 0 Å². The minimum absolute atomic E-state index is 0.00367. The number of rotatable bonds is 7. The molecule has 0 bridgehead atoms. The van der Waals surface area contributed by atoms with Crippen molar-refractivity contribution in [1.82, 2.24) is 19.5 Å². The molecule has 4 atom stereocenters. The number of β-amino-alcohol motifs (C(OH)–C–C–N with tert-alkyl or cyclic N) is 1. The maximum absolute atomic E-state index is 15.8. The number of aliphatic hydroxyl groups excluding tert-OH is 2. The van der Waals surface area contributed by atoms with Crippen LogP contribution in [0.25, 0.3) is 16.9 Å². The second-order valence-electron chi connectivity index (χ2n) is 13.0. The van der Waals surface area contributed by atoms with Gasteiger partial charge in [-0.3, -0.25) is 4.79 Å². The van der Waals surface area contributed by atoms with Crippen LogP contribution in [0.4, 0.5) is 10.1 Å². The Bertz CT molecular complexity index is 1720. The number of benzene rings is 2. The molecule has 0 spiro atoms. The van der Waals surface area contributed by atoms with Gasteiger partial charge in [-0.15, -0.1) is 0 Å². The Labute approximate surface area is 257 Å². The van der Waals surface area contributed by atoms with Gasteiger partial charge in [-0.1, -0.05) is 38.1 Å². The van der Waals surface area contributed by atoms with Crippen molar-refractivity contribution in [2.24, 2.45) is 11.8 Å². The molecule has 0 radical (unpaired) electrons. The van der Waals surface area contributed by atoms with E-state index in [1.54, 1.807) is 16.6 Å². The molecule has 2 fully saturated rings. The maximum atomic E-state index is 15.8. The summed E-state index contributed by atoms with van der Waals surface area (Å²) in [6, 6.07) is 16.9. The predicted molar refractivity (Wildman–Crippen MR) is 167 cm³/mol. The summed E-state index contributed by atoms with van der Waals surface area (Å²) in [5.74, 6) is 0.00802. The number of hydrogen-bond donors (Lipinski definition) is 2. The van der Waals surface area contributed by atoms with E-state index in [1.807, 2.05) is 34.1 Å². The SMILES string of the molecule is CC(C)[C@@H]1[C@@H](CCO)N(c2ccc(-c3cc4nc(C(=O)N5CCc6ccccc6[C@H]5C)cc(C5CC5)n4n3)c(F)c2)C[C@@H]1O. The summed E-state index contributed by atoms with van der Waals surface area (Å²) in [4.78, 5) is 22.5. The third-order valence-electron chi connectivity index (χ3n) is 9.95. The number of carbonyl (C=O) groups excluding carboxylic acids is 1. The Kier molecular flexibility index (Phi) is 7.41. The van der Waals surface area contributed by atoms with E-state index >= 15 is 4.39 Å². The minimum atomic E-state index is -0.542. The lowest BCUT2D eigenvalue weighted by atomic mass is 9.85. The number of aliphatic hydroxyl groups is 2. The van der Waals surface area contributed by atoms with Gasteiger partial charge in [0, 0.05) is 60.6 Å². The molecule has 1 saturated carbocycles. The molecule has 2 aromatic heterocycles. The topological polar surface area (TPSA) is 94.2 Å². The molecule has 0 unspecified atom stereocenters. The van der Waals surface area contributed by atoms with Gasteiger partial charge in [-0.25, -0.2) is 13.9 Å². The van der Waals surface area contributed by atoms with Crippen LogP contribution < -0.4 is 4.90 Å². The summed E-state index contributed by atoms with van der Waals surface area (Å²) in [5, 5.41) is 25.3. The number of hydrogen-bond acceptors (Lipinski definition) is 6. The molecule has 9 heteroatoms. The summed E-state index contributed by atoms with van der Waals surface area (Å²) in [7, 11) is 0. The fourth-order valence-electron chi connectivity index (χ4n) is 7.58.